The molecule has 0 saturated heterocycles. The summed E-state index contributed by atoms with van der Waals surface area (Å²) in [6.07, 6.45) is 1.22. The van der Waals surface area contributed by atoms with Crippen molar-refractivity contribution < 1.29 is 4.74 Å². The number of benzene rings is 1. The Morgan fingerprint density at radius 2 is 2.14 bits per heavy atom. The fourth-order valence-electron chi connectivity index (χ4n) is 2.54. The van der Waals surface area contributed by atoms with Gasteiger partial charge in [0.1, 0.15) is 0 Å². The number of methoxy groups -OCH3 is 1. The lowest BCUT2D eigenvalue weighted by Gasteiger charge is -2.11. The number of aryl methyl sites for hydroxylation is 1. The number of hydrogen-bond donors (Lipinski definition) is 1. The molecule has 1 heterocycles. The van der Waals surface area contributed by atoms with Crippen LogP contribution in [0.5, 0.6) is 0 Å². The number of fused-ring (bicyclic) bond motifs is 1. The molecule has 0 fully saturated rings. The first-order chi connectivity index (χ1) is 10.4. The van der Waals surface area contributed by atoms with Crippen LogP contribution in [0.2, 0.25) is 0 Å². The van der Waals surface area contributed by atoms with Crippen molar-refractivity contribution in [2.24, 2.45) is 0 Å². The highest BCUT2D eigenvalue weighted by molar-refractivity contribution is 7.99. The quantitative estimate of drug-likeness (QED) is 0.680. The summed E-state index contributed by atoms with van der Waals surface area (Å²) in [6, 6.07) is 11.0. The van der Waals surface area contributed by atoms with E-state index < -0.39 is 0 Å². The van der Waals surface area contributed by atoms with Gasteiger partial charge in [-0.3, -0.25) is 0 Å². The van der Waals surface area contributed by atoms with Crippen molar-refractivity contribution in [3.05, 3.63) is 36.0 Å². The molecule has 2 rings (SSSR count). The molecule has 0 unspecified atom stereocenters. The predicted molar refractivity (Wildman–Crippen MR) is 93.1 cm³/mol. The van der Waals surface area contributed by atoms with E-state index in [1.807, 2.05) is 11.8 Å². The SMILES string of the molecule is CCSCCCn1c(CNCCOC)cc2ccccc21. The highest BCUT2D eigenvalue weighted by atomic mass is 32.2. The van der Waals surface area contributed by atoms with Crippen LogP contribution in [0.15, 0.2) is 30.3 Å². The van der Waals surface area contributed by atoms with Gasteiger partial charge in [0.2, 0.25) is 0 Å². The van der Waals surface area contributed by atoms with Crippen molar-refractivity contribution in [2.75, 3.05) is 31.8 Å². The monoisotopic (exact) mass is 306 g/mol. The second kappa shape index (κ2) is 9.13. The number of ether oxygens (including phenoxy) is 1. The average Bonchev–Trinajstić information content (AvgIpc) is 2.86. The smallest absolute Gasteiger partial charge is 0.0587 e. The van der Waals surface area contributed by atoms with Crippen molar-refractivity contribution in [3.8, 4) is 0 Å². The van der Waals surface area contributed by atoms with Crippen LogP contribution >= 0.6 is 11.8 Å². The summed E-state index contributed by atoms with van der Waals surface area (Å²) in [5, 5.41) is 4.79. The van der Waals surface area contributed by atoms with Gasteiger partial charge in [-0.25, -0.2) is 0 Å². The molecule has 1 aromatic carbocycles. The van der Waals surface area contributed by atoms with Crippen molar-refractivity contribution in [3.63, 3.8) is 0 Å². The predicted octanol–water partition coefficient (Wildman–Crippen LogP) is 3.52. The average molecular weight is 306 g/mol. The lowest BCUT2D eigenvalue weighted by molar-refractivity contribution is 0.199. The molecule has 0 aliphatic heterocycles. The van der Waals surface area contributed by atoms with Crippen LogP contribution in [0, 0.1) is 0 Å². The molecular formula is C17H26N2OS. The van der Waals surface area contributed by atoms with Gasteiger partial charge in [0, 0.05) is 38.0 Å². The van der Waals surface area contributed by atoms with E-state index in [9.17, 15) is 0 Å². The Labute approximate surface area is 132 Å². The number of nitrogens with zero attached hydrogens (tertiary/aromatic N) is 1. The van der Waals surface area contributed by atoms with Gasteiger partial charge in [0.25, 0.3) is 0 Å². The molecule has 0 saturated carbocycles. The molecule has 0 radical (unpaired) electrons. The van der Waals surface area contributed by atoms with Gasteiger partial charge >= 0.3 is 0 Å². The van der Waals surface area contributed by atoms with Gasteiger partial charge in [-0.1, -0.05) is 25.1 Å². The van der Waals surface area contributed by atoms with E-state index in [1.54, 1.807) is 7.11 Å². The van der Waals surface area contributed by atoms with Crippen molar-refractivity contribution in [1.82, 2.24) is 9.88 Å². The molecule has 3 nitrogen and oxygen atoms in total. The van der Waals surface area contributed by atoms with Crippen molar-refractivity contribution in [2.45, 2.75) is 26.4 Å². The zero-order valence-electron chi connectivity index (χ0n) is 13.1. The van der Waals surface area contributed by atoms with Crippen LogP contribution in [-0.4, -0.2) is 36.3 Å². The van der Waals surface area contributed by atoms with Gasteiger partial charge in [-0.15, -0.1) is 0 Å². The molecule has 0 amide bonds. The zero-order chi connectivity index (χ0) is 14.9. The number of aromatic nitrogens is 1. The van der Waals surface area contributed by atoms with Gasteiger partial charge in [-0.2, -0.15) is 11.8 Å². The molecule has 2 aromatic rings. The van der Waals surface area contributed by atoms with Crippen molar-refractivity contribution in [1.29, 1.82) is 0 Å². The van der Waals surface area contributed by atoms with Gasteiger partial charge in [0.15, 0.2) is 0 Å². The number of hydrogen-bond acceptors (Lipinski definition) is 3. The summed E-state index contributed by atoms with van der Waals surface area (Å²) in [5.74, 6) is 2.44. The minimum Gasteiger partial charge on any atom is -0.383 e. The Bertz CT molecular complexity index is 539. The minimum absolute atomic E-state index is 0.757. The van der Waals surface area contributed by atoms with Gasteiger partial charge in [0.05, 0.1) is 6.61 Å². The van der Waals surface area contributed by atoms with E-state index in [-0.39, 0.29) is 0 Å². The third-order valence-corrected chi connectivity index (χ3v) is 4.55. The summed E-state index contributed by atoms with van der Waals surface area (Å²) >= 11 is 2.02. The topological polar surface area (TPSA) is 26.2 Å². The van der Waals surface area contributed by atoms with Crippen LogP contribution in [0.4, 0.5) is 0 Å². The lowest BCUT2D eigenvalue weighted by Crippen LogP contribution is -2.20. The second-order valence-corrected chi connectivity index (χ2v) is 6.46. The molecule has 0 aliphatic carbocycles. The molecule has 0 bridgehead atoms. The number of rotatable bonds is 10. The maximum absolute atomic E-state index is 5.09. The van der Waals surface area contributed by atoms with E-state index in [2.05, 4.69) is 47.1 Å². The first-order valence-corrected chi connectivity index (χ1v) is 8.86. The normalized spacial score (nSPS) is 11.3. The lowest BCUT2D eigenvalue weighted by atomic mass is 10.2. The zero-order valence-corrected chi connectivity index (χ0v) is 13.9. The maximum Gasteiger partial charge on any atom is 0.0587 e. The van der Waals surface area contributed by atoms with Crippen LogP contribution in [0.25, 0.3) is 10.9 Å². The molecule has 1 aromatic heterocycles. The molecular weight excluding hydrogens is 280 g/mol. The highest BCUT2D eigenvalue weighted by Crippen LogP contribution is 2.20. The third kappa shape index (κ3) is 4.77. The fourth-order valence-corrected chi connectivity index (χ4v) is 3.16. The summed E-state index contributed by atoms with van der Waals surface area (Å²) < 4.78 is 7.55. The Morgan fingerprint density at radius 1 is 1.29 bits per heavy atom. The Balaban J connectivity index is 2.06. The van der Waals surface area contributed by atoms with Crippen LogP contribution in [-0.2, 0) is 17.8 Å². The van der Waals surface area contributed by atoms with Crippen LogP contribution in [0.3, 0.4) is 0 Å². The largest absolute Gasteiger partial charge is 0.383 e. The van der Waals surface area contributed by atoms with E-state index in [1.165, 1.54) is 34.5 Å². The number of nitrogens with one attached hydrogen (secondary N) is 1. The minimum atomic E-state index is 0.757. The summed E-state index contributed by atoms with van der Waals surface area (Å²) in [5.41, 5.74) is 2.72. The molecule has 0 spiro atoms. The Morgan fingerprint density at radius 3 is 2.95 bits per heavy atom. The summed E-state index contributed by atoms with van der Waals surface area (Å²) in [7, 11) is 1.74. The standard InChI is InChI=1S/C17H26N2OS/c1-3-21-12-6-10-19-16(14-18-9-11-20-2)13-15-7-4-5-8-17(15)19/h4-5,7-8,13,18H,3,6,9-12,14H2,1-2H3. The second-order valence-electron chi connectivity index (χ2n) is 5.07. The van der Waals surface area contributed by atoms with Crippen LogP contribution < -0.4 is 5.32 Å². The van der Waals surface area contributed by atoms with E-state index in [0.717, 1.165) is 26.2 Å². The molecule has 0 atom stereocenters. The maximum atomic E-state index is 5.09. The van der Waals surface area contributed by atoms with Gasteiger partial charge < -0.3 is 14.6 Å². The molecule has 116 valence electrons. The highest BCUT2D eigenvalue weighted by Gasteiger charge is 2.07. The van der Waals surface area contributed by atoms with E-state index >= 15 is 0 Å². The van der Waals surface area contributed by atoms with E-state index in [4.69, 9.17) is 4.74 Å². The molecule has 0 aliphatic rings. The van der Waals surface area contributed by atoms with Crippen molar-refractivity contribution >= 4 is 22.7 Å². The Kier molecular flexibility index (Phi) is 7.13. The molecule has 4 heteroatoms. The summed E-state index contributed by atoms with van der Waals surface area (Å²) in [4.78, 5) is 0. The fraction of sp³-hybridized carbons (Fsp3) is 0.529. The Hall–Kier alpha value is -0.970. The summed E-state index contributed by atoms with van der Waals surface area (Å²) in [6.45, 7) is 5.87. The molecule has 21 heavy (non-hydrogen) atoms. The van der Waals surface area contributed by atoms with Crippen LogP contribution in [0.1, 0.15) is 19.0 Å². The van der Waals surface area contributed by atoms with Gasteiger partial charge in [-0.05, 0) is 35.4 Å². The first-order valence-electron chi connectivity index (χ1n) is 7.71. The van der Waals surface area contributed by atoms with E-state index in [0.29, 0.717) is 0 Å². The first kappa shape index (κ1) is 16.4. The number of thioether (sulfide) groups is 1. The molecule has 1 N–H and O–H groups in total. The third-order valence-electron chi connectivity index (χ3n) is 3.56. The number of para-hydroxylation sites is 1.